The van der Waals surface area contributed by atoms with Crippen LogP contribution in [0.1, 0.15) is 31.7 Å². The molecule has 1 nitrogen and oxygen atoms in total. The lowest BCUT2D eigenvalue weighted by atomic mass is 9.62. The number of hydrogen-bond acceptors (Lipinski definition) is 1. The van der Waals surface area contributed by atoms with E-state index < -0.39 is 0 Å². The van der Waals surface area contributed by atoms with Crippen LogP contribution in [-0.2, 0) is 10.2 Å². The second-order valence-corrected chi connectivity index (χ2v) is 4.83. The van der Waals surface area contributed by atoms with E-state index in [2.05, 4.69) is 22.0 Å². The highest BCUT2D eigenvalue weighted by atomic mass is 79.9. The highest BCUT2D eigenvalue weighted by Gasteiger charge is 2.43. The van der Waals surface area contributed by atoms with Gasteiger partial charge in [0.25, 0.3) is 0 Å². The van der Waals surface area contributed by atoms with E-state index in [1.165, 1.54) is 12.0 Å². The van der Waals surface area contributed by atoms with Crippen molar-refractivity contribution in [3.05, 3.63) is 34.3 Å². The molecule has 0 aromatic heterocycles. The summed E-state index contributed by atoms with van der Waals surface area (Å²) in [6, 6.07) is 8.06. The van der Waals surface area contributed by atoms with Gasteiger partial charge in [0.1, 0.15) is 5.78 Å². The number of halogens is 1. The highest BCUT2D eigenvalue weighted by Crippen LogP contribution is 2.46. The Balaban J connectivity index is 2.47. The lowest BCUT2D eigenvalue weighted by Crippen LogP contribution is -2.41. The standard InChI is InChI=1S/C12H13BrO/c1-9(14)12(7-4-8-12)10-5-2-3-6-11(10)13/h2-3,5-6H,4,7-8H2,1H3. The number of hydrogen-bond donors (Lipinski definition) is 0. The predicted octanol–water partition coefficient (Wildman–Crippen LogP) is 3.46. The lowest BCUT2D eigenvalue weighted by molar-refractivity contribution is -0.125. The van der Waals surface area contributed by atoms with Gasteiger partial charge in [-0.05, 0) is 31.4 Å². The average Bonchev–Trinajstić information content (AvgIpc) is 2.05. The molecule has 74 valence electrons. The zero-order chi connectivity index (χ0) is 10.2. The molecule has 0 heterocycles. The summed E-state index contributed by atoms with van der Waals surface area (Å²) in [6.45, 7) is 1.71. The van der Waals surface area contributed by atoms with E-state index in [0.29, 0.717) is 5.78 Å². The Kier molecular flexibility index (Phi) is 2.48. The van der Waals surface area contributed by atoms with Crippen molar-refractivity contribution in [1.29, 1.82) is 0 Å². The molecule has 0 N–H and O–H groups in total. The Hall–Kier alpha value is -0.630. The molecule has 0 radical (unpaired) electrons. The third kappa shape index (κ3) is 1.33. The van der Waals surface area contributed by atoms with Gasteiger partial charge in [0.2, 0.25) is 0 Å². The molecule has 2 heteroatoms. The minimum atomic E-state index is -0.180. The molecular weight excluding hydrogens is 240 g/mol. The van der Waals surface area contributed by atoms with Crippen molar-refractivity contribution in [3.8, 4) is 0 Å². The number of carbonyl (C=O) groups excluding carboxylic acids is 1. The summed E-state index contributed by atoms with van der Waals surface area (Å²) in [7, 11) is 0. The van der Waals surface area contributed by atoms with Gasteiger partial charge in [-0.1, -0.05) is 40.5 Å². The normalized spacial score (nSPS) is 18.7. The molecule has 1 aromatic rings. The second kappa shape index (κ2) is 3.50. The van der Waals surface area contributed by atoms with Crippen molar-refractivity contribution in [1.82, 2.24) is 0 Å². The molecule has 1 fully saturated rings. The van der Waals surface area contributed by atoms with E-state index in [4.69, 9.17) is 0 Å². The number of rotatable bonds is 2. The first-order valence-corrected chi connectivity index (χ1v) is 5.72. The first-order chi connectivity index (χ1) is 6.67. The summed E-state index contributed by atoms with van der Waals surface area (Å²) in [4.78, 5) is 11.7. The Morgan fingerprint density at radius 3 is 2.43 bits per heavy atom. The fraction of sp³-hybridized carbons (Fsp3) is 0.417. The molecule has 1 aliphatic carbocycles. The lowest BCUT2D eigenvalue weighted by Gasteiger charge is -2.40. The smallest absolute Gasteiger partial charge is 0.140 e. The minimum absolute atomic E-state index is 0.180. The van der Waals surface area contributed by atoms with Crippen LogP contribution in [0, 0.1) is 0 Å². The molecule has 0 bridgehead atoms. The summed E-state index contributed by atoms with van der Waals surface area (Å²) in [5.41, 5.74) is 0.985. The van der Waals surface area contributed by atoms with Gasteiger partial charge >= 0.3 is 0 Å². The van der Waals surface area contributed by atoms with Crippen LogP contribution in [0.4, 0.5) is 0 Å². The monoisotopic (exact) mass is 252 g/mol. The van der Waals surface area contributed by atoms with Crippen LogP contribution in [0.3, 0.4) is 0 Å². The summed E-state index contributed by atoms with van der Waals surface area (Å²) in [5.74, 6) is 0.302. The van der Waals surface area contributed by atoms with Gasteiger partial charge in [0, 0.05) is 4.47 Å². The molecular formula is C12H13BrO. The van der Waals surface area contributed by atoms with Crippen LogP contribution >= 0.6 is 15.9 Å². The Bertz CT molecular complexity index is 366. The number of Topliss-reactive ketones (excluding diaryl/α,β-unsaturated/α-hetero) is 1. The van der Waals surface area contributed by atoms with Gasteiger partial charge in [-0.25, -0.2) is 0 Å². The topological polar surface area (TPSA) is 17.1 Å². The first kappa shape index (κ1) is 9.91. The van der Waals surface area contributed by atoms with Crippen LogP contribution < -0.4 is 0 Å². The van der Waals surface area contributed by atoms with E-state index in [-0.39, 0.29) is 5.41 Å². The van der Waals surface area contributed by atoms with Gasteiger partial charge in [-0.15, -0.1) is 0 Å². The Labute approximate surface area is 92.6 Å². The maximum Gasteiger partial charge on any atom is 0.140 e. The number of carbonyl (C=O) groups is 1. The molecule has 1 aliphatic rings. The van der Waals surface area contributed by atoms with E-state index >= 15 is 0 Å². The summed E-state index contributed by atoms with van der Waals surface area (Å²) in [5, 5.41) is 0. The quantitative estimate of drug-likeness (QED) is 0.788. The molecule has 0 saturated heterocycles. The molecule has 2 rings (SSSR count). The average molecular weight is 253 g/mol. The summed E-state index contributed by atoms with van der Waals surface area (Å²) < 4.78 is 1.06. The zero-order valence-corrected chi connectivity index (χ0v) is 9.80. The molecule has 0 unspecified atom stereocenters. The van der Waals surface area contributed by atoms with Crippen molar-refractivity contribution in [2.45, 2.75) is 31.6 Å². The van der Waals surface area contributed by atoms with Crippen LogP contribution in [0.2, 0.25) is 0 Å². The first-order valence-electron chi connectivity index (χ1n) is 4.93. The largest absolute Gasteiger partial charge is 0.299 e. The molecule has 1 aromatic carbocycles. The van der Waals surface area contributed by atoms with Crippen molar-refractivity contribution >= 4 is 21.7 Å². The molecule has 1 saturated carbocycles. The van der Waals surface area contributed by atoms with Gasteiger partial charge in [0.05, 0.1) is 5.41 Å². The van der Waals surface area contributed by atoms with Crippen LogP contribution in [-0.4, -0.2) is 5.78 Å². The molecule has 0 spiro atoms. The molecule has 0 atom stereocenters. The Morgan fingerprint density at radius 1 is 1.36 bits per heavy atom. The zero-order valence-electron chi connectivity index (χ0n) is 8.22. The fourth-order valence-electron chi connectivity index (χ4n) is 2.19. The molecule has 0 aliphatic heterocycles. The predicted molar refractivity (Wildman–Crippen MR) is 60.4 cm³/mol. The Morgan fingerprint density at radius 2 is 2.00 bits per heavy atom. The molecule has 0 amide bonds. The van der Waals surface area contributed by atoms with Crippen LogP contribution in [0.15, 0.2) is 28.7 Å². The SMILES string of the molecule is CC(=O)C1(c2ccccc2Br)CCC1. The fourth-order valence-corrected chi connectivity index (χ4v) is 2.85. The van der Waals surface area contributed by atoms with E-state index in [9.17, 15) is 4.79 Å². The third-order valence-corrected chi connectivity index (χ3v) is 3.96. The van der Waals surface area contributed by atoms with E-state index in [1.807, 2.05) is 18.2 Å². The third-order valence-electron chi connectivity index (χ3n) is 3.27. The van der Waals surface area contributed by atoms with Crippen molar-refractivity contribution in [2.24, 2.45) is 0 Å². The van der Waals surface area contributed by atoms with Gasteiger partial charge in [0.15, 0.2) is 0 Å². The maximum absolute atomic E-state index is 11.7. The highest BCUT2D eigenvalue weighted by molar-refractivity contribution is 9.10. The van der Waals surface area contributed by atoms with Crippen LogP contribution in [0.25, 0.3) is 0 Å². The van der Waals surface area contributed by atoms with E-state index in [0.717, 1.165) is 17.3 Å². The number of benzene rings is 1. The second-order valence-electron chi connectivity index (χ2n) is 3.97. The van der Waals surface area contributed by atoms with Crippen molar-refractivity contribution in [2.75, 3.05) is 0 Å². The molecule has 14 heavy (non-hydrogen) atoms. The summed E-state index contributed by atoms with van der Waals surface area (Å²) in [6.07, 6.45) is 3.18. The van der Waals surface area contributed by atoms with Gasteiger partial charge in [-0.2, -0.15) is 0 Å². The van der Waals surface area contributed by atoms with Crippen molar-refractivity contribution < 1.29 is 4.79 Å². The van der Waals surface area contributed by atoms with Gasteiger partial charge < -0.3 is 0 Å². The maximum atomic E-state index is 11.7. The number of ketones is 1. The summed E-state index contributed by atoms with van der Waals surface area (Å²) >= 11 is 3.52. The van der Waals surface area contributed by atoms with E-state index in [1.54, 1.807) is 6.92 Å². The van der Waals surface area contributed by atoms with Gasteiger partial charge in [-0.3, -0.25) is 4.79 Å². The van der Waals surface area contributed by atoms with Crippen LogP contribution in [0.5, 0.6) is 0 Å². The van der Waals surface area contributed by atoms with Crippen molar-refractivity contribution in [3.63, 3.8) is 0 Å². The minimum Gasteiger partial charge on any atom is -0.299 e.